The normalized spacial score (nSPS) is 12.6. The number of rotatable bonds is 5. The quantitative estimate of drug-likeness (QED) is 0.866. The molecular weight excluding hydrogens is 224 g/mol. The minimum atomic E-state index is -0.665. The Bertz CT molecular complexity index is 499. The van der Waals surface area contributed by atoms with Gasteiger partial charge in [0.1, 0.15) is 17.6 Å². The van der Waals surface area contributed by atoms with Gasteiger partial charge in [-0.15, -0.1) is 0 Å². The lowest BCUT2D eigenvalue weighted by Gasteiger charge is -2.10. The van der Waals surface area contributed by atoms with E-state index in [1.807, 2.05) is 31.2 Å². The van der Waals surface area contributed by atoms with E-state index in [2.05, 4.69) is 19.1 Å². The van der Waals surface area contributed by atoms with E-state index in [-0.39, 0.29) is 0 Å². The summed E-state index contributed by atoms with van der Waals surface area (Å²) in [5, 5.41) is 10.3. The number of benzene rings is 1. The Labute approximate surface area is 108 Å². The van der Waals surface area contributed by atoms with Crippen molar-refractivity contribution in [3.63, 3.8) is 0 Å². The second-order valence-corrected chi connectivity index (χ2v) is 4.56. The molecule has 1 heterocycles. The summed E-state index contributed by atoms with van der Waals surface area (Å²) in [7, 11) is 0. The molecule has 96 valence electrons. The summed E-state index contributed by atoms with van der Waals surface area (Å²) in [4.78, 5) is 0. The fraction of sp³-hybridized carbons (Fsp3) is 0.375. The van der Waals surface area contributed by atoms with Crippen molar-refractivity contribution >= 4 is 0 Å². The van der Waals surface area contributed by atoms with Crippen LogP contribution in [0.1, 0.15) is 49.0 Å². The Morgan fingerprint density at radius 2 is 2.00 bits per heavy atom. The van der Waals surface area contributed by atoms with Crippen LogP contribution in [0.4, 0.5) is 0 Å². The molecule has 0 radical (unpaired) electrons. The van der Waals surface area contributed by atoms with Crippen molar-refractivity contribution in [2.75, 3.05) is 0 Å². The third kappa shape index (κ3) is 2.82. The molecule has 2 aromatic rings. The monoisotopic (exact) mass is 244 g/mol. The molecule has 1 N–H and O–H groups in total. The molecule has 0 aliphatic rings. The van der Waals surface area contributed by atoms with Gasteiger partial charge in [-0.05, 0) is 29.7 Å². The summed E-state index contributed by atoms with van der Waals surface area (Å²) in [6, 6.07) is 11.9. The standard InChI is InChI=1S/C16H20O2/c1-3-6-12-7-5-8-13(11-12)16(17)15-10-9-14(4-2)18-15/h5,7-11,16-17H,3-4,6H2,1-2H3. The third-order valence-electron chi connectivity index (χ3n) is 3.11. The molecule has 18 heavy (non-hydrogen) atoms. The molecule has 1 aromatic carbocycles. The number of aliphatic hydroxyl groups excluding tert-OH is 1. The maximum atomic E-state index is 10.3. The van der Waals surface area contributed by atoms with E-state index in [1.165, 1.54) is 5.56 Å². The van der Waals surface area contributed by atoms with Crippen LogP contribution in [0.3, 0.4) is 0 Å². The second kappa shape index (κ2) is 5.87. The molecule has 2 nitrogen and oxygen atoms in total. The molecule has 1 aromatic heterocycles. The van der Waals surface area contributed by atoms with Gasteiger partial charge < -0.3 is 9.52 Å². The van der Waals surface area contributed by atoms with Crippen LogP contribution in [0.25, 0.3) is 0 Å². The molecule has 0 fully saturated rings. The summed E-state index contributed by atoms with van der Waals surface area (Å²) >= 11 is 0. The van der Waals surface area contributed by atoms with Crippen molar-refractivity contribution in [2.24, 2.45) is 0 Å². The number of aryl methyl sites for hydroxylation is 2. The molecule has 1 unspecified atom stereocenters. The van der Waals surface area contributed by atoms with Gasteiger partial charge in [0.25, 0.3) is 0 Å². The van der Waals surface area contributed by atoms with Crippen LogP contribution < -0.4 is 0 Å². The largest absolute Gasteiger partial charge is 0.463 e. The van der Waals surface area contributed by atoms with Crippen LogP contribution in [0.5, 0.6) is 0 Å². The average molecular weight is 244 g/mol. The van der Waals surface area contributed by atoms with E-state index in [1.54, 1.807) is 0 Å². The third-order valence-corrected chi connectivity index (χ3v) is 3.11. The topological polar surface area (TPSA) is 33.4 Å². The van der Waals surface area contributed by atoms with E-state index in [0.717, 1.165) is 30.6 Å². The van der Waals surface area contributed by atoms with Crippen molar-refractivity contribution < 1.29 is 9.52 Å². The Morgan fingerprint density at radius 3 is 2.67 bits per heavy atom. The summed E-state index contributed by atoms with van der Waals surface area (Å²) < 4.78 is 5.60. The van der Waals surface area contributed by atoms with Gasteiger partial charge in [-0.3, -0.25) is 0 Å². The van der Waals surface area contributed by atoms with Gasteiger partial charge >= 0.3 is 0 Å². The second-order valence-electron chi connectivity index (χ2n) is 4.56. The zero-order valence-electron chi connectivity index (χ0n) is 11.0. The molecule has 2 heteroatoms. The smallest absolute Gasteiger partial charge is 0.137 e. The fourth-order valence-corrected chi connectivity index (χ4v) is 2.10. The molecule has 2 rings (SSSR count). The van der Waals surface area contributed by atoms with Gasteiger partial charge in [-0.25, -0.2) is 0 Å². The van der Waals surface area contributed by atoms with Crippen molar-refractivity contribution in [3.05, 3.63) is 59.0 Å². The number of furan rings is 1. The lowest BCUT2D eigenvalue weighted by Crippen LogP contribution is -1.99. The first-order valence-electron chi connectivity index (χ1n) is 6.60. The first-order chi connectivity index (χ1) is 8.74. The average Bonchev–Trinajstić information content (AvgIpc) is 2.87. The maximum absolute atomic E-state index is 10.3. The van der Waals surface area contributed by atoms with E-state index in [9.17, 15) is 5.11 Å². The fourth-order valence-electron chi connectivity index (χ4n) is 2.10. The van der Waals surface area contributed by atoms with Gasteiger partial charge in [0.05, 0.1) is 0 Å². The van der Waals surface area contributed by atoms with Crippen LogP contribution in [-0.2, 0) is 12.8 Å². The van der Waals surface area contributed by atoms with Gasteiger partial charge in [-0.2, -0.15) is 0 Å². The SMILES string of the molecule is CCCc1cccc(C(O)c2ccc(CC)o2)c1. The van der Waals surface area contributed by atoms with Crippen LogP contribution in [0.15, 0.2) is 40.8 Å². The van der Waals surface area contributed by atoms with E-state index in [0.29, 0.717) is 5.76 Å². The highest BCUT2D eigenvalue weighted by Gasteiger charge is 2.14. The predicted molar refractivity (Wildman–Crippen MR) is 72.6 cm³/mol. The highest BCUT2D eigenvalue weighted by atomic mass is 16.4. The van der Waals surface area contributed by atoms with E-state index < -0.39 is 6.10 Å². The van der Waals surface area contributed by atoms with E-state index >= 15 is 0 Å². The zero-order valence-corrected chi connectivity index (χ0v) is 11.0. The Morgan fingerprint density at radius 1 is 1.17 bits per heavy atom. The van der Waals surface area contributed by atoms with Crippen LogP contribution >= 0.6 is 0 Å². The maximum Gasteiger partial charge on any atom is 0.137 e. The van der Waals surface area contributed by atoms with Gasteiger partial charge in [-0.1, -0.05) is 44.5 Å². The first-order valence-corrected chi connectivity index (χ1v) is 6.60. The molecule has 0 saturated heterocycles. The zero-order chi connectivity index (χ0) is 13.0. The Kier molecular flexibility index (Phi) is 4.21. The highest BCUT2D eigenvalue weighted by Crippen LogP contribution is 2.25. The molecule has 0 spiro atoms. The number of aliphatic hydroxyl groups is 1. The van der Waals surface area contributed by atoms with Crippen LogP contribution in [0, 0.1) is 0 Å². The molecule has 1 atom stereocenters. The number of hydrogen-bond donors (Lipinski definition) is 1. The van der Waals surface area contributed by atoms with Crippen molar-refractivity contribution in [3.8, 4) is 0 Å². The minimum Gasteiger partial charge on any atom is -0.463 e. The van der Waals surface area contributed by atoms with Gasteiger partial charge in [0.2, 0.25) is 0 Å². The molecule has 0 aliphatic carbocycles. The van der Waals surface area contributed by atoms with Crippen LogP contribution in [0.2, 0.25) is 0 Å². The Balaban J connectivity index is 2.21. The van der Waals surface area contributed by atoms with Crippen molar-refractivity contribution in [2.45, 2.75) is 39.2 Å². The van der Waals surface area contributed by atoms with E-state index in [4.69, 9.17) is 4.42 Å². The van der Waals surface area contributed by atoms with Crippen molar-refractivity contribution in [1.29, 1.82) is 0 Å². The lowest BCUT2D eigenvalue weighted by molar-refractivity contribution is 0.187. The first kappa shape index (κ1) is 12.9. The minimum absolute atomic E-state index is 0.625. The Hall–Kier alpha value is -1.54. The van der Waals surface area contributed by atoms with Gasteiger partial charge in [0.15, 0.2) is 0 Å². The number of hydrogen-bond acceptors (Lipinski definition) is 2. The van der Waals surface area contributed by atoms with Gasteiger partial charge in [0, 0.05) is 6.42 Å². The molecule has 0 saturated carbocycles. The van der Waals surface area contributed by atoms with Crippen LogP contribution in [-0.4, -0.2) is 5.11 Å². The summed E-state index contributed by atoms with van der Waals surface area (Å²) in [6.45, 7) is 4.19. The highest BCUT2D eigenvalue weighted by molar-refractivity contribution is 5.29. The summed E-state index contributed by atoms with van der Waals surface area (Å²) in [6.07, 6.45) is 2.34. The molecule has 0 aliphatic heterocycles. The molecular formula is C16H20O2. The summed E-state index contributed by atoms with van der Waals surface area (Å²) in [5.41, 5.74) is 2.16. The van der Waals surface area contributed by atoms with Crippen molar-refractivity contribution in [1.82, 2.24) is 0 Å². The molecule has 0 bridgehead atoms. The lowest BCUT2D eigenvalue weighted by atomic mass is 10.0. The molecule has 0 amide bonds. The summed E-state index contributed by atoms with van der Waals surface area (Å²) in [5.74, 6) is 1.54. The predicted octanol–water partition coefficient (Wildman–Crippen LogP) is 3.88.